The van der Waals surface area contributed by atoms with Crippen LogP contribution in [0.4, 0.5) is 0 Å². The van der Waals surface area contributed by atoms with E-state index in [1.807, 2.05) is 17.7 Å². The van der Waals surface area contributed by atoms with Gasteiger partial charge in [0, 0.05) is 17.1 Å². The molecule has 0 N–H and O–H groups in total. The molecule has 2 heteroatoms. The van der Waals surface area contributed by atoms with Gasteiger partial charge in [0.15, 0.2) is 0 Å². The second-order valence-corrected chi connectivity index (χ2v) is 0.408. The minimum absolute atomic E-state index is 0. The molecule has 0 amide bonds. The summed E-state index contributed by atoms with van der Waals surface area (Å²) in [5.41, 5.74) is 0. The normalized spacial score (nSPS) is 3.50. The Morgan fingerprint density at radius 1 is 1.75 bits per heavy atom. The average molecular weight is 97.5 g/mol. The van der Waals surface area contributed by atoms with E-state index < -0.39 is 0 Å². The van der Waals surface area contributed by atoms with E-state index in [4.69, 9.17) is 0 Å². The number of hydrogen-bond donors (Lipinski definition) is 0. The first-order valence-corrected chi connectivity index (χ1v) is 0.986. The Balaban J connectivity index is 0. The molecule has 4 heavy (non-hydrogen) atoms. The third-order valence-corrected chi connectivity index (χ3v) is 0. The predicted molar refractivity (Wildman–Crippen MR) is 16.0 cm³/mol. The van der Waals surface area contributed by atoms with Crippen molar-refractivity contribution in [1.29, 1.82) is 0 Å². The predicted octanol–water partition coefficient (Wildman–Crippen LogP) is 0.296. The van der Waals surface area contributed by atoms with E-state index in [0.29, 0.717) is 0 Å². The van der Waals surface area contributed by atoms with Crippen molar-refractivity contribution in [3.8, 4) is 0 Å². The molecule has 0 spiro atoms. The summed E-state index contributed by atoms with van der Waals surface area (Å²) in [5.74, 6) is 0. The van der Waals surface area contributed by atoms with Crippen molar-refractivity contribution < 1.29 is 17.1 Å². The van der Waals surface area contributed by atoms with Crippen LogP contribution in [-0.4, -0.2) is 17.7 Å². The monoisotopic (exact) mass is 97.0 g/mol. The van der Waals surface area contributed by atoms with Crippen LogP contribution < -0.4 is 0 Å². The van der Waals surface area contributed by atoms with E-state index in [1.54, 1.807) is 4.75 Å². The SMILES string of the molecule is [Cu].[Li][CH]=C. The molecule has 0 aliphatic heterocycles. The van der Waals surface area contributed by atoms with Gasteiger partial charge in [-0.1, -0.05) is 0 Å². The fourth-order valence-electron chi connectivity index (χ4n) is 0. The zero-order chi connectivity index (χ0) is 2.71. The number of rotatable bonds is 0. The Morgan fingerprint density at radius 2 is 1.75 bits per heavy atom. The van der Waals surface area contributed by atoms with Gasteiger partial charge in [-0.2, -0.15) is 0 Å². The summed E-state index contributed by atoms with van der Waals surface area (Å²) in [6, 6.07) is 0. The van der Waals surface area contributed by atoms with E-state index in [9.17, 15) is 0 Å². The van der Waals surface area contributed by atoms with E-state index in [2.05, 4.69) is 6.58 Å². The van der Waals surface area contributed by atoms with Crippen molar-refractivity contribution >= 4 is 17.7 Å². The molecule has 0 bridgehead atoms. The topological polar surface area (TPSA) is 0 Å². The molecule has 0 atom stereocenters. The fourth-order valence-corrected chi connectivity index (χ4v) is 0. The van der Waals surface area contributed by atoms with Crippen molar-refractivity contribution in [2.45, 2.75) is 0 Å². The second kappa shape index (κ2) is 9.13. The quantitative estimate of drug-likeness (QED) is 0.382. The molecule has 0 aliphatic rings. The molecule has 0 aromatic carbocycles. The first-order valence-electron chi connectivity index (χ1n) is 0.986. The molecule has 0 fully saturated rings. The van der Waals surface area contributed by atoms with Gasteiger partial charge >= 0.3 is 29.0 Å². The fraction of sp³-hybridized carbons (Fsp3) is 0. The van der Waals surface area contributed by atoms with Crippen LogP contribution in [0.3, 0.4) is 0 Å². The maximum atomic E-state index is 3.36. The van der Waals surface area contributed by atoms with E-state index in [0.717, 1.165) is 0 Å². The van der Waals surface area contributed by atoms with Crippen molar-refractivity contribution in [3.63, 3.8) is 0 Å². The molecule has 0 heterocycles. The first-order chi connectivity index (χ1) is 1.41. The molecule has 0 saturated heterocycles. The summed E-state index contributed by atoms with van der Waals surface area (Å²) in [4.78, 5) is 0. The zero-order valence-electron chi connectivity index (χ0n) is 2.59. The summed E-state index contributed by atoms with van der Waals surface area (Å²) in [6.07, 6.45) is 0. The van der Waals surface area contributed by atoms with Crippen LogP contribution in [0.2, 0.25) is 0 Å². The summed E-state index contributed by atoms with van der Waals surface area (Å²) >= 11 is 1.89. The second-order valence-electron chi connectivity index (χ2n) is 0.408. The van der Waals surface area contributed by atoms with Gasteiger partial charge in [0.05, 0.1) is 0 Å². The Kier molecular flexibility index (Phi) is 20.2. The molecule has 0 rings (SSSR count). The van der Waals surface area contributed by atoms with E-state index >= 15 is 0 Å². The Labute approximate surface area is 46.3 Å². The van der Waals surface area contributed by atoms with Gasteiger partial charge in [0.1, 0.15) is 0 Å². The third-order valence-electron chi connectivity index (χ3n) is 0. The Hall–Kier alpha value is 0.857. The summed E-state index contributed by atoms with van der Waals surface area (Å²) in [7, 11) is 0. The van der Waals surface area contributed by atoms with Crippen molar-refractivity contribution in [1.82, 2.24) is 0 Å². The molecule has 0 aromatic rings. The summed E-state index contributed by atoms with van der Waals surface area (Å²) in [6.45, 7) is 3.36. The van der Waals surface area contributed by atoms with Gasteiger partial charge in [-0.25, -0.2) is 0 Å². The molecule has 0 unspecified atom stereocenters. The van der Waals surface area contributed by atoms with Crippen LogP contribution in [0.15, 0.2) is 11.3 Å². The van der Waals surface area contributed by atoms with E-state index in [1.165, 1.54) is 0 Å². The Bertz CT molecular complexity index is 13.5. The van der Waals surface area contributed by atoms with E-state index in [-0.39, 0.29) is 17.1 Å². The standard InChI is InChI=1S/C2H3.Cu.Li/c1-2;;/h1H,2H2;;. The van der Waals surface area contributed by atoms with Gasteiger partial charge in [0.2, 0.25) is 0 Å². The molecular formula is C2H3CuLi. The molecule has 0 nitrogen and oxygen atoms in total. The van der Waals surface area contributed by atoms with Crippen molar-refractivity contribution in [2.75, 3.05) is 0 Å². The van der Waals surface area contributed by atoms with Gasteiger partial charge in [-0.05, 0) is 0 Å². The van der Waals surface area contributed by atoms with Gasteiger partial charge in [0.25, 0.3) is 0 Å². The first kappa shape index (κ1) is 8.85. The molecule has 1 radical (unpaired) electrons. The molecule has 23 valence electrons. The third kappa shape index (κ3) is 13.4. The summed E-state index contributed by atoms with van der Waals surface area (Å²) < 4.78 is 1.75. The molecule has 0 saturated carbocycles. The van der Waals surface area contributed by atoms with Gasteiger partial charge < -0.3 is 0 Å². The zero-order valence-corrected chi connectivity index (χ0v) is 3.53. The molecular weight excluding hydrogens is 94.5 g/mol. The van der Waals surface area contributed by atoms with Crippen LogP contribution >= 0.6 is 0 Å². The average Bonchev–Trinajstić information content (AvgIpc) is 0.918. The maximum absolute atomic E-state index is 3.36. The molecule has 0 aromatic heterocycles. The Morgan fingerprint density at radius 3 is 1.75 bits per heavy atom. The van der Waals surface area contributed by atoms with Gasteiger partial charge in [-0.15, -0.1) is 0 Å². The summed E-state index contributed by atoms with van der Waals surface area (Å²) in [5, 5.41) is 0. The molecule has 0 aliphatic carbocycles. The van der Waals surface area contributed by atoms with Crippen molar-refractivity contribution in [2.24, 2.45) is 0 Å². The minimum atomic E-state index is 0. The van der Waals surface area contributed by atoms with Crippen LogP contribution in [0.25, 0.3) is 0 Å². The van der Waals surface area contributed by atoms with Crippen LogP contribution in [-0.2, 0) is 17.1 Å². The van der Waals surface area contributed by atoms with Crippen LogP contribution in [0, 0.1) is 0 Å². The van der Waals surface area contributed by atoms with Crippen LogP contribution in [0.5, 0.6) is 0 Å². The van der Waals surface area contributed by atoms with Gasteiger partial charge in [-0.3, -0.25) is 0 Å². The van der Waals surface area contributed by atoms with Crippen molar-refractivity contribution in [3.05, 3.63) is 11.3 Å². The number of hydrogen-bond acceptors (Lipinski definition) is 0. The van der Waals surface area contributed by atoms with Crippen LogP contribution in [0.1, 0.15) is 0 Å².